The Morgan fingerprint density at radius 2 is 1.75 bits per heavy atom. The number of alkyl halides is 3. The zero-order chi connectivity index (χ0) is 17.8. The summed E-state index contributed by atoms with van der Waals surface area (Å²) in [5.74, 6) is 5.01. The minimum Gasteiger partial charge on any atom is -0.207 e. The van der Waals surface area contributed by atoms with Crippen LogP contribution in [0.25, 0.3) is 0 Å². The van der Waals surface area contributed by atoms with Crippen molar-refractivity contribution < 1.29 is 21.6 Å². The van der Waals surface area contributed by atoms with Gasteiger partial charge in [0.25, 0.3) is 0 Å². The summed E-state index contributed by atoms with van der Waals surface area (Å²) in [4.78, 5) is 0.0755. The second kappa shape index (κ2) is 7.38. The summed E-state index contributed by atoms with van der Waals surface area (Å²) >= 11 is 3.20. The van der Waals surface area contributed by atoms with E-state index in [0.29, 0.717) is 0 Å². The molecule has 126 valence electrons. The Hall–Kier alpha value is -1.82. The molecule has 0 aromatic heterocycles. The van der Waals surface area contributed by atoms with Gasteiger partial charge in [-0.15, -0.1) is 0 Å². The Kier molecular flexibility index (Phi) is 5.70. The highest BCUT2D eigenvalue weighted by Crippen LogP contribution is 2.29. The molecule has 0 aliphatic carbocycles. The van der Waals surface area contributed by atoms with Crippen LogP contribution in [-0.2, 0) is 16.2 Å². The van der Waals surface area contributed by atoms with Crippen LogP contribution in [0.15, 0.2) is 57.9 Å². The van der Waals surface area contributed by atoms with Gasteiger partial charge >= 0.3 is 6.18 Å². The van der Waals surface area contributed by atoms with Crippen LogP contribution in [0.3, 0.4) is 0 Å². The Balaban J connectivity index is 2.05. The van der Waals surface area contributed by atoms with E-state index < -0.39 is 21.8 Å². The summed E-state index contributed by atoms with van der Waals surface area (Å²) in [6.07, 6.45) is -4.44. The molecule has 0 spiro atoms. The maximum atomic E-state index is 12.6. The second-order valence-corrected chi connectivity index (χ2v) is 7.34. The van der Waals surface area contributed by atoms with Crippen LogP contribution in [0.1, 0.15) is 11.1 Å². The molecule has 2 aromatic carbocycles. The molecule has 0 fully saturated rings. The van der Waals surface area contributed by atoms with Crippen LogP contribution >= 0.6 is 15.9 Å². The third-order valence-electron chi connectivity index (χ3n) is 2.90. The lowest BCUT2D eigenvalue weighted by molar-refractivity contribution is -0.137. The van der Waals surface area contributed by atoms with E-state index >= 15 is 0 Å². The average molecular weight is 418 g/mol. The van der Waals surface area contributed by atoms with Crippen LogP contribution in [0, 0.1) is 11.8 Å². The summed E-state index contributed by atoms with van der Waals surface area (Å²) in [6, 6.07) is 10.5. The zero-order valence-electron chi connectivity index (χ0n) is 12.1. The van der Waals surface area contributed by atoms with Gasteiger partial charge in [0.1, 0.15) is 0 Å². The highest BCUT2D eigenvalue weighted by atomic mass is 79.9. The Labute approximate surface area is 146 Å². The van der Waals surface area contributed by atoms with Crippen molar-refractivity contribution in [2.24, 2.45) is 0 Å². The molecule has 0 saturated carbocycles. The minimum absolute atomic E-state index is 0.0755. The van der Waals surface area contributed by atoms with E-state index in [1.807, 2.05) is 0 Å². The van der Waals surface area contributed by atoms with Gasteiger partial charge in [-0.1, -0.05) is 33.8 Å². The monoisotopic (exact) mass is 417 g/mol. The van der Waals surface area contributed by atoms with Gasteiger partial charge < -0.3 is 0 Å². The molecule has 8 heteroatoms. The highest BCUT2D eigenvalue weighted by molar-refractivity contribution is 9.10. The average Bonchev–Trinajstić information content (AvgIpc) is 2.51. The molecule has 0 aliphatic rings. The molecule has 2 aromatic rings. The fourth-order valence-electron chi connectivity index (χ4n) is 1.75. The first kappa shape index (κ1) is 18.5. The molecular formula is C16H11BrF3NO2S. The van der Waals surface area contributed by atoms with Gasteiger partial charge in [-0.2, -0.15) is 17.9 Å². The van der Waals surface area contributed by atoms with E-state index in [0.717, 1.165) is 16.6 Å². The summed E-state index contributed by atoms with van der Waals surface area (Å²) in [6.45, 7) is -0.214. The van der Waals surface area contributed by atoms with Crippen molar-refractivity contribution in [3.63, 3.8) is 0 Å². The van der Waals surface area contributed by atoms with E-state index in [1.165, 1.54) is 24.3 Å². The lowest BCUT2D eigenvalue weighted by Gasteiger charge is -2.06. The molecule has 0 unspecified atom stereocenters. The zero-order valence-corrected chi connectivity index (χ0v) is 14.5. The van der Waals surface area contributed by atoms with Gasteiger partial charge in [0.15, 0.2) is 0 Å². The van der Waals surface area contributed by atoms with Crippen molar-refractivity contribution in [1.29, 1.82) is 0 Å². The van der Waals surface area contributed by atoms with E-state index in [1.54, 1.807) is 12.1 Å². The SMILES string of the molecule is O=S(=O)(NCC#Cc1cccc(C(F)(F)F)c1)c1ccc(Br)cc1. The third-order valence-corrected chi connectivity index (χ3v) is 4.84. The van der Waals surface area contributed by atoms with Crippen LogP contribution < -0.4 is 4.72 Å². The summed E-state index contributed by atoms with van der Waals surface area (Å²) in [5.41, 5.74) is -0.641. The predicted molar refractivity (Wildman–Crippen MR) is 87.7 cm³/mol. The molecule has 0 aliphatic heterocycles. The Morgan fingerprint density at radius 3 is 2.38 bits per heavy atom. The van der Waals surface area contributed by atoms with Crippen LogP contribution in [-0.4, -0.2) is 15.0 Å². The lowest BCUT2D eigenvalue weighted by atomic mass is 10.1. The fourth-order valence-corrected chi connectivity index (χ4v) is 2.94. The highest BCUT2D eigenvalue weighted by Gasteiger charge is 2.30. The Bertz CT molecular complexity index is 882. The van der Waals surface area contributed by atoms with E-state index in [4.69, 9.17) is 0 Å². The first-order valence-electron chi connectivity index (χ1n) is 6.60. The third kappa shape index (κ3) is 5.09. The summed E-state index contributed by atoms with van der Waals surface area (Å²) in [7, 11) is -3.72. The standard InChI is InChI=1S/C16H11BrF3NO2S/c17-14-6-8-15(9-7-14)24(22,23)21-10-2-4-12-3-1-5-13(11-12)16(18,19)20/h1,3,5-9,11,21H,10H2. The molecule has 0 atom stereocenters. The summed E-state index contributed by atoms with van der Waals surface area (Å²) in [5, 5.41) is 0. The summed E-state index contributed by atoms with van der Waals surface area (Å²) < 4.78 is 64.8. The largest absolute Gasteiger partial charge is 0.416 e. The first-order chi connectivity index (χ1) is 11.2. The van der Waals surface area contributed by atoms with Crippen LogP contribution in [0.4, 0.5) is 13.2 Å². The van der Waals surface area contributed by atoms with Crippen molar-refractivity contribution >= 4 is 26.0 Å². The number of sulfonamides is 1. The molecule has 24 heavy (non-hydrogen) atoms. The quantitative estimate of drug-likeness (QED) is 0.772. The van der Waals surface area contributed by atoms with Gasteiger partial charge in [0, 0.05) is 10.0 Å². The minimum atomic E-state index is -4.44. The fraction of sp³-hybridized carbons (Fsp3) is 0.125. The number of halogens is 4. The smallest absolute Gasteiger partial charge is 0.207 e. The molecule has 3 nitrogen and oxygen atoms in total. The maximum absolute atomic E-state index is 12.6. The Morgan fingerprint density at radius 1 is 1.08 bits per heavy atom. The van der Waals surface area contributed by atoms with Crippen molar-refractivity contribution in [2.45, 2.75) is 11.1 Å². The van der Waals surface area contributed by atoms with Crippen molar-refractivity contribution in [2.75, 3.05) is 6.54 Å². The maximum Gasteiger partial charge on any atom is 0.416 e. The number of benzene rings is 2. The lowest BCUT2D eigenvalue weighted by Crippen LogP contribution is -2.23. The molecule has 0 bridgehead atoms. The molecular weight excluding hydrogens is 407 g/mol. The predicted octanol–water partition coefficient (Wildman–Crippen LogP) is 3.80. The first-order valence-corrected chi connectivity index (χ1v) is 8.87. The normalized spacial score (nSPS) is 11.7. The molecule has 0 heterocycles. The van der Waals surface area contributed by atoms with Gasteiger partial charge in [0.2, 0.25) is 10.0 Å². The molecule has 2 rings (SSSR count). The van der Waals surface area contributed by atoms with Crippen LogP contribution in [0.2, 0.25) is 0 Å². The van der Waals surface area contributed by atoms with Gasteiger partial charge in [-0.25, -0.2) is 8.42 Å². The molecule has 0 amide bonds. The molecule has 0 saturated heterocycles. The van der Waals surface area contributed by atoms with Gasteiger partial charge in [0.05, 0.1) is 17.0 Å². The number of hydrogen-bond donors (Lipinski definition) is 1. The van der Waals surface area contributed by atoms with Crippen molar-refractivity contribution in [3.05, 3.63) is 64.1 Å². The van der Waals surface area contributed by atoms with Gasteiger partial charge in [-0.3, -0.25) is 0 Å². The van der Waals surface area contributed by atoms with Crippen LogP contribution in [0.5, 0.6) is 0 Å². The van der Waals surface area contributed by atoms with Crippen molar-refractivity contribution in [3.8, 4) is 11.8 Å². The number of hydrogen-bond acceptors (Lipinski definition) is 2. The van der Waals surface area contributed by atoms with E-state index in [9.17, 15) is 21.6 Å². The van der Waals surface area contributed by atoms with E-state index in [2.05, 4.69) is 32.5 Å². The number of nitrogens with one attached hydrogen (secondary N) is 1. The topological polar surface area (TPSA) is 46.2 Å². The molecule has 0 radical (unpaired) electrons. The van der Waals surface area contributed by atoms with Gasteiger partial charge in [-0.05, 0) is 42.5 Å². The van der Waals surface area contributed by atoms with Crippen molar-refractivity contribution in [1.82, 2.24) is 4.72 Å². The second-order valence-electron chi connectivity index (χ2n) is 4.66. The van der Waals surface area contributed by atoms with E-state index in [-0.39, 0.29) is 17.0 Å². The number of rotatable bonds is 3. The molecule has 1 N–H and O–H groups in total.